The van der Waals surface area contributed by atoms with Crippen LogP contribution in [0.5, 0.6) is 0 Å². The second-order valence-electron chi connectivity index (χ2n) is 8.45. The molecule has 0 aliphatic rings. The summed E-state index contributed by atoms with van der Waals surface area (Å²) in [5.41, 5.74) is 3.60. The lowest BCUT2D eigenvalue weighted by molar-refractivity contribution is 0.108. The summed E-state index contributed by atoms with van der Waals surface area (Å²) in [6.07, 6.45) is 1.07. The van der Waals surface area contributed by atoms with Crippen LogP contribution in [0.3, 0.4) is 0 Å². The number of aromatic nitrogens is 3. The second kappa shape index (κ2) is 9.38. The van der Waals surface area contributed by atoms with Gasteiger partial charge in [-0.25, -0.2) is 0 Å². The van der Waals surface area contributed by atoms with Crippen LogP contribution < -0.4 is 0 Å². The molecule has 7 nitrogen and oxygen atoms in total. The van der Waals surface area contributed by atoms with Crippen molar-refractivity contribution >= 4 is 10.1 Å². The first kappa shape index (κ1) is 23.2. The third kappa shape index (κ3) is 6.06. The summed E-state index contributed by atoms with van der Waals surface area (Å²) in [6, 6.07) is 16.1. The van der Waals surface area contributed by atoms with Crippen molar-refractivity contribution in [2.75, 3.05) is 19.5 Å². The summed E-state index contributed by atoms with van der Waals surface area (Å²) in [6.45, 7) is 9.57. The Hall–Kier alpha value is -2.42. The Morgan fingerprint density at radius 3 is 2.29 bits per heavy atom. The van der Waals surface area contributed by atoms with Crippen LogP contribution >= 0.6 is 0 Å². The zero-order valence-electron chi connectivity index (χ0n) is 18.8. The van der Waals surface area contributed by atoms with E-state index < -0.39 is 15.5 Å². The molecule has 2 aromatic heterocycles. The van der Waals surface area contributed by atoms with Crippen LogP contribution in [0.4, 0.5) is 0 Å². The summed E-state index contributed by atoms with van der Waals surface area (Å²) < 4.78 is 38.1. The summed E-state index contributed by atoms with van der Waals surface area (Å²) in [7, 11) is -3.54. The van der Waals surface area contributed by atoms with Gasteiger partial charge in [-0.3, -0.25) is 8.86 Å². The summed E-state index contributed by atoms with van der Waals surface area (Å²) in [5.74, 6) is 0.797. The predicted octanol–water partition coefficient (Wildman–Crippen LogP) is 3.76. The zero-order chi connectivity index (χ0) is 22.6. The van der Waals surface area contributed by atoms with Crippen molar-refractivity contribution in [3.8, 4) is 5.82 Å². The van der Waals surface area contributed by atoms with Gasteiger partial charge in [0.1, 0.15) is 0 Å². The molecule has 31 heavy (non-hydrogen) atoms. The van der Waals surface area contributed by atoms with Crippen LogP contribution in [-0.4, -0.2) is 42.2 Å². The monoisotopic (exact) mass is 445 g/mol. The number of hydrogen-bond acceptors (Lipinski definition) is 5. The first-order valence-corrected chi connectivity index (χ1v) is 12.1. The molecule has 0 fully saturated rings. The predicted molar refractivity (Wildman–Crippen MR) is 121 cm³/mol. The van der Waals surface area contributed by atoms with Crippen molar-refractivity contribution in [3.63, 3.8) is 0 Å². The van der Waals surface area contributed by atoms with Crippen LogP contribution in [0.2, 0.25) is 0 Å². The van der Waals surface area contributed by atoms with Gasteiger partial charge < -0.3 is 9.30 Å². The van der Waals surface area contributed by atoms with E-state index >= 15 is 0 Å². The highest BCUT2D eigenvalue weighted by Crippen LogP contribution is 2.27. The standard InChI is InChI=1S/C23H31N3O4S/c1-18-11-12-19(2)26(18)22-15-21(23(3,4)17-30-31(5,27)28)25(24-22)13-14-29-16-20-9-7-6-8-10-20/h6-12,15H,13-14,16-17H2,1-5H3. The molecule has 1 aromatic carbocycles. The molecule has 0 N–H and O–H groups in total. The molecule has 0 aliphatic heterocycles. The zero-order valence-corrected chi connectivity index (χ0v) is 19.6. The fourth-order valence-corrected chi connectivity index (χ4v) is 4.01. The van der Waals surface area contributed by atoms with Gasteiger partial charge in [0.05, 0.1) is 32.6 Å². The van der Waals surface area contributed by atoms with Crippen molar-refractivity contribution in [3.05, 3.63) is 71.2 Å². The molecule has 3 aromatic rings. The van der Waals surface area contributed by atoms with Gasteiger partial charge in [-0.15, -0.1) is 0 Å². The highest BCUT2D eigenvalue weighted by molar-refractivity contribution is 7.85. The number of benzene rings is 1. The molecule has 0 atom stereocenters. The summed E-state index contributed by atoms with van der Waals surface area (Å²) in [4.78, 5) is 0. The van der Waals surface area contributed by atoms with E-state index in [0.717, 1.165) is 34.7 Å². The number of nitrogens with zero attached hydrogens (tertiary/aromatic N) is 3. The average molecular weight is 446 g/mol. The van der Waals surface area contributed by atoms with Crippen molar-refractivity contribution < 1.29 is 17.3 Å². The van der Waals surface area contributed by atoms with Gasteiger partial charge in [-0.05, 0) is 31.5 Å². The Morgan fingerprint density at radius 1 is 1.03 bits per heavy atom. The minimum atomic E-state index is -3.54. The van der Waals surface area contributed by atoms with Crippen LogP contribution in [0, 0.1) is 13.8 Å². The second-order valence-corrected chi connectivity index (χ2v) is 10.1. The third-order valence-electron chi connectivity index (χ3n) is 5.15. The van der Waals surface area contributed by atoms with Crippen LogP contribution in [0.25, 0.3) is 5.82 Å². The van der Waals surface area contributed by atoms with E-state index in [1.54, 1.807) is 0 Å². The Labute approximate surface area is 184 Å². The highest BCUT2D eigenvalue weighted by atomic mass is 32.2. The van der Waals surface area contributed by atoms with E-state index in [0.29, 0.717) is 19.8 Å². The Morgan fingerprint density at radius 2 is 1.68 bits per heavy atom. The molecule has 2 heterocycles. The van der Waals surface area contributed by atoms with Crippen molar-refractivity contribution in [1.82, 2.24) is 14.3 Å². The Bertz CT molecular complexity index is 1100. The number of rotatable bonds is 10. The maximum absolute atomic E-state index is 11.6. The van der Waals surface area contributed by atoms with E-state index in [4.69, 9.17) is 14.0 Å². The molecule has 0 aliphatic carbocycles. The number of ether oxygens (including phenoxy) is 1. The fourth-order valence-electron chi connectivity index (χ4n) is 3.50. The highest BCUT2D eigenvalue weighted by Gasteiger charge is 2.29. The van der Waals surface area contributed by atoms with E-state index in [9.17, 15) is 8.42 Å². The van der Waals surface area contributed by atoms with Crippen molar-refractivity contribution in [1.29, 1.82) is 0 Å². The molecule has 0 unspecified atom stereocenters. The van der Waals surface area contributed by atoms with Gasteiger partial charge in [0.25, 0.3) is 10.1 Å². The molecular formula is C23H31N3O4S. The molecular weight excluding hydrogens is 414 g/mol. The molecule has 0 amide bonds. The maximum Gasteiger partial charge on any atom is 0.264 e. The van der Waals surface area contributed by atoms with Crippen molar-refractivity contribution in [2.45, 2.75) is 46.3 Å². The average Bonchev–Trinajstić information content (AvgIpc) is 3.27. The normalized spacial score (nSPS) is 12.4. The van der Waals surface area contributed by atoms with Crippen LogP contribution in [0.15, 0.2) is 48.5 Å². The summed E-state index contributed by atoms with van der Waals surface area (Å²) in [5, 5.41) is 4.82. The minimum Gasteiger partial charge on any atom is -0.375 e. The van der Waals surface area contributed by atoms with Crippen LogP contribution in [0.1, 0.15) is 36.5 Å². The largest absolute Gasteiger partial charge is 0.375 e. The maximum atomic E-state index is 11.6. The van der Waals surface area contributed by atoms with Crippen molar-refractivity contribution in [2.24, 2.45) is 0 Å². The molecule has 0 bridgehead atoms. The molecule has 0 saturated heterocycles. The molecule has 168 valence electrons. The topological polar surface area (TPSA) is 75.3 Å². The molecule has 3 rings (SSSR count). The van der Waals surface area contributed by atoms with E-state index in [-0.39, 0.29) is 6.61 Å². The van der Waals surface area contributed by atoms with E-state index in [1.807, 2.05) is 68.8 Å². The van der Waals surface area contributed by atoms with Gasteiger partial charge in [-0.1, -0.05) is 44.2 Å². The minimum absolute atomic E-state index is 0.0332. The molecule has 0 radical (unpaired) electrons. The van der Waals surface area contributed by atoms with Gasteiger partial charge in [0.2, 0.25) is 0 Å². The molecule has 0 spiro atoms. The lowest BCUT2D eigenvalue weighted by atomic mass is 9.90. The quantitative estimate of drug-likeness (QED) is 0.351. The SMILES string of the molecule is Cc1ccc(C)n1-c1cc(C(C)(C)COS(C)(=O)=O)n(CCOCc2ccccc2)n1. The lowest BCUT2D eigenvalue weighted by Gasteiger charge is -2.24. The number of aryl methyl sites for hydroxylation is 2. The number of hydrogen-bond donors (Lipinski definition) is 0. The fraction of sp³-hybridized carbons (Fsp3) is 0.435. The smallest absolute Gasteiger partial charge is 0.264 e. The summed E-state index contributed by atoms with van der Waals surface area (Å²) >= 11 is 0. The Kier molecular flexibility index (Phi) is 7.03. The van der Waals surface area contributed by atoms with E-state index in [1.165, 1.54) is 0 Å². The van der Waals surface area contributed by atoms with E-state index in [2.05, 4.69) is 16.7 Å². The van der Waals surface area contributed by atoms with Crippen LogP contribution in [-0.2, 0) is 37.6 Å². The first-order valence-electron chi connectivity index (χ1n) is 10.3. The Balaban J connectivity index is 1.83. The molecule has 8 heteroatoms. The van der Waals surface area contributed by atoms with Gasteiger partial charge in [0.15, 0.2) is 5.82 Å². The molecule has 0 saturated carbocycles. The first-order chi connectivity index (χ1) is 14.6. The lowest BCUT2D eigenvalue weighted by Crippen LogP contribution is -2.29. The van der Waals surface area contributed by atoms with Gasteiger partial charge in [0, 0.05) is 28.6 Å². The van der Waals surface area contributed by atoms with Gasteiger partial charge >= 0.3 is 0 Å². The third-order valence-corrected chi connectivity index (χ3v) is 5.70. The van der Waals surface area contributed by atoms with Gasteiger partial charge in [-0.2, -0.15) is 13.5 Å².